The summed E-state index contributed by atoms with van der Waals surface area (Å²) < 4.78 is 31.5. The highest BCUT2D eigenvalue weighted by atomic mass is 35.5. The molecule has 172 valence electrons. The van der Waals surface area contributed by atoms with E-state index in [1.807, 2.05) is 6.07 Å². The minimum absolute atomic E-state index is 0.0659. The van der Waals surface area contributed by atoms with Gasteiger partial charge in [0.2, 0.25) is 0 Å². The van der Waals surface area contributed by atoms with Gasteiger partial charge in [0.15, 0.2) is 0 Å². The van der Waals surface area contributed by atoms with E-state index in [0.717, 1.165) is 5.69 Å². The Bertz CT molecular complexity index is 1180. The first-order valence-electron chi connectivity index (χ1n) is 10.3. The number of benzene rings is 2. The average Bonchev–Trinajstić information content (AvgIpc) is 3.19. The summed E-state index contributed by atoms with van der Waals surface area (Å²) in [6, 6.07) is 13.1. The third-order valence-electron chi connectivity index (χ3n) is 5.48. The van der Waals surface area contributed by atoms with Crippen LogP contribution in [0.3, 0.4) is 0 Å². The van der Waals surface area contributed by atoms with Crippen LogP contribution >= 0.6 is 11.6 Å². The third-order valence-corrected chi connectivity index (χ3v) is 5.72. The molecule has 33 heavy (non-hydrogen) atoms. The number of piperazine rings is 1. The number of halogens is 3. The first-order chi connectivity index (χ1) is 15.8. The first kappa shape index (κ1) is 22.7. The van der Waals surface area contributed by atoms with E-state index >= 15 is 0 Å². The van der Waals surface area contributed by atoms with Crippen molar-refractivity contribution in [1.29, 1.82) is 0 Å². The SMILES string of the molecule is Cc1c(C(=O)N2CCN(C(=O)c3ccccc3OC(F)F)CC2)cnn1-c1cccc(Cl)c1. The molecule has 2 aromatic carbocycles. The lowest BCUT2D eigenvalue weighted by Crippen LogP contribution is -2.50. The Kier molecular flexibility index (Phi) is 6.60. The monoisotopic (exact) mass is 474 g/mol. The Hall–Kier alpha value is -3.46. The van der Waals surface area contributed by atoms with Crippen molar-refractivity contribution in [1.82, 2.24) is 19.6 Å². The number of rotatable bonds is 5. The number of alkyl halides is 2. The van der Waals surface area contributed by atoms with Crippen LogP contribution in [0, 0.1) is 6.92 Å². The molecule has 0 bridgehead atoms. The van der Waals surface area contributed by atoms with Crippen molar-refractivity contribution in [3.8, 4) is 11.4 Å². The highest BCUT2D eigenvalue weighted by molar-refractivity contribution is 6.30. The number of nitrogens with zero attached hydrogens (tertiary/aromatic N) is 4. The van der Waals surface area contributed by atoms with Crippen molar-refractivity contribution >= 4 is 23.4 Å². The average molecular weight is 475 g/mol. The van der Waals surface area contributed by atoms with Crippen LogP contribution < -0.4 is 4.74 Å². The van der Waals surface area contributed by atoms with Gasteiger partial charge < -0.3 is 14.5 Å². The molecule has 7 nitrogen and oxygen atoms in total. The molecule has 3 aromatic rings. The molecular weight excluding hydrogens is 454 g/mol. The maximum atomic E-state index is 13.1. The maximum Gasteiger partial charge on any atom is 0.387 e. The quantitative estimate of drug-likeness (QED) is 0.560. The molecule has 0 radical (unpaired) electrons. The number of carbonyl (C=O) groups is 2. The van der Waals surface area contributed by atoms with Gasteiger partial charge in [-0.25, -0.2) is 4.68 Å². The summed E-state index contributed by atoms with van der Waals surface area (Å²) in [5, 5.41) is 4.90. The second-order valence-corrected chi connectivity index (χ2v) is 7.93. The summed E-state index contributed by atoms with van der Waals surface area (Å²) in [4.78, 5) is 29.1. The zero-order valence-electron chi connectivity index (χ0n) is 17.7. The molecule has 1 saturated heterocycles. The number of hydrogen-bond acceptors (Lipinski definition) is 4. The Morgan fingerprint density at radius 2 is 1.61 bits per heavy atom. The standard InChI is InChI=1S/C23H21ClF2N4O3/c1-15-19(14-27-30(15)17-6-4-5-16(24)13-17)22(32)29-11-9-28(10-12-29)21(31)18-7-2-3-8-20(18)33-23(25)26/h2-8,13-14,23H,9-12H2,1H3. The van der Waals surface area contributed by atoms with Crippen molar-refractivity contribution < 1.29 is 23.1 Å². The molecule has 0 saturated carbocycles. The number of aromatic nitrogens is 2. The predicted octanol–water partition coefficient (Wildman–Crippen LogP) is 4.03. The molecule has 2 amide bonds. The van der Waals surface area contributed by atoms with Crippen LogP contribution in [0.4, 0.5) is 8.78 Å². The zero-order valence-corrected chi connectivity index (χ0v) is 18.5. The molecule has 0 unspecified atom stereocenters. The zero-order chi connectivity index (χ0) is 23.5. The van der Waals surface area contributed by atoms with Gasteiger partial charge >= 0.3 is 6.61 Å². The van der Waals surface area contributed by atoms with Crippen LogP contribution in [0.5, 0.6) is 5.75 Å². The number of hydrogen-bond donors (Lipinski definition) is 0. The summed E-state index contributed by atoms with van der Waals surface area (Å²) in [6.45, 7) is -0.0520. The molecule has 1 aliphatic rings. The number of carbonyl (C=O) groups excluding carboxylic acids is 2. The predicted molar refractivity (Wildman–Crippen MR) is 118 cm³/mol. The number of ether oxygens (including phenoxy) is 1. The van der Waals surface area contributed by atoms with E-state index in [1.54, 1.807) is 40.8 Å². The van der Waals surface area contributed by atoms with Gasteiger partial charge in [-0.1, -0.05) is 29.8 Å². The molecule has 0 aliphatic carbocycles. The highest BCUT2D eigenvalue weighted by Gasteiger charge is 2.29. The number of amides is 2. The van der Waals surface area contributed by atoms with Gasteiger partial charge in [-0.05, 0) is 37.3 Å². The van der Waals surface area contributed by atoms with Gasteiger partial charge in [-0.15, -0.1) is 0 Å². The molecule has 1 aromatic heterocycles. The molecule has 2 heterocycles. The van der Waals surface area contributed by atoms with Gasteiger partial charge in [0.25, 0.3) is 11.8 Å². The maximum absolute atomic E-state index is 13.1. The molecule has 0 spiro atoms. The summed E-state index contributed by atoms with van der Waals surface area (Å²) in [5.41, 5.74) is 1.96. The van der Waals surface area contributed by atoms with Crippen LogP contribution in [0.1, 0.15) is 26.4 Å². The van der Waals surface area contributed by atoms with Crippen molar-refractivity contribution in [3.05, 3.63) is 76.6 Å². The summed E-state index contributed by atoms with van der Waals surface area (Å²) in [5.74, 6) is -0.766. The molecule has 10 heteroatoms. The van der Waals surface area contributed by atoms with E-state index in [4.69, 9.17) is 11.6 Å². The molecule has 1 fully saturated rings. The van der Waals surface area contributed by atoms with Crippen molar-refractivity contribution in [3.63, 3.8) is 0 Å². The van der Waals surface area contributed by atoms with E-state index < -0.39 is 12.5 Å². The van der Waals surface area contributed by atoms with Crippen LogP contribution in [0.15, 0.2) is 54.7 Å². The Balaban J connectivity index is 1.44. The summed E-state index contributed by atoms with van der Waals surface area (Å²) >= 11 is 6.06. The van der Waals surface area contributed by atoms with Gasteiger partial charge in [0.1, 0.15) is 5.75 Å². The van der Waals surface area contributed by atoms with E-state index in [9.17, 15) is 18.4 Å². The Morgan fingerprint density at radius 3 is 2.24 bits per heavy atom. The van der Waals surface area contributed by atoms with Crippen LogP contribution in [0.2, 0.25) is 5.02 Å². The first-order valence-corrected chi connectivity index (χ1v) is 10.7. The minimum Gasteiger partial charge on any atom is -0.434 e. The van der Waals surface area contributed by atoms with Crippen molar-refractivity contribution in [2.24, 2.45) is 0 Å². The Labute approximate surface area is 194 Å². The fraction of sp³-hybridized carbons (Fsp3) is 0.261. The van der Waals surface area contributed by atoms with Gasteiger partial charge in [-0.3, -0.25) is 9.59 Å². The molecular formula is C23H21ClF2N4O3. The summed E-state index contributed by atoms with van der Waals surface area (Å²) in [7, 11) is 0. The van der Waals surface area contributed by atoms with Crippen LogP contribution in [0.25, 0.3) is 5.69 Å². The lowest BCUT2D eigenvalue weighted by atomic mass is 10.1. The molecule has 0 N–H and O–H groups in total. The molecule has 4 rings (SSSR count). The fourth-order valence-electron chi connectivity index (χ4n) is 3.78. The second kappa shape index (κ2) is 9.58. The normalized spacial score (nSPS) is 14.0. The van der Waals surface area contributed by atoms with E-state index in [-0.39, 0.29) is 30.3 Å². The largest absolute Gasteiger partial charge is 0.434 e. The third kappa shape index (κ3) is 4.83. The highest BCUT2D eigenvalue weighted by Crippen LogP contribution is 2.23. The minimum atomic E-state index is -3.02. The summed E-state index contributed by atoms with van der Waals surface area (Å²) in [6.07, 6.45) is 1.52. The lowest BCUT2D eigenvalue weighted by molar-refractivity contribution is -0.0503. The topological polar surface area (TPSA) is 67.7 Å². The van der Waals surface area contributed by atoms with Crippen LogP contribution in [-0.2, 0) is 0 Å². The fourth-order valence-corrected chi connectivity index (χ4v) is 3.97. The Morgan fingerprint density at radius 1 is 0.970 bits per heavy atom. The van der Waals surface area contributed by atoms with E-state index in [1.165, 1.54) is 29.3 Å². The van der Waals surface area contributed by atoms with Crippen molar-refractivity contribution in [2.75, 3.05) is 26.2 Å². The van der Waals surface area contributed by atoms with Gasteiger partial charge in [0, 0.05) is 31.2 Å². The molecule has 0 atom stereocenters. The van der Waals surface area contributed by atoms with Crippen molar-refractivity contribution in [2.45, 2.75) is 13.5 Å². The molecule has 1 aliphatic heterocycles. The van der Waals surface area contributed by atoms with Crippen LogP contribution in [-0.4, -0.2) is 64.2 Å². The lowest BCUT2D eigenvalue weighted by Gasteiger charge is -2.35. The van der Waals surface area contributed by atoms with E-state index in [0.29, 0.717) is 29.4 Å². The van der Waals surface area contributed by atoms with E-state index in [2.05, 4.69) is 9.84 Å². The second-order valence-electron chi connectivity index (χ2n) is 7.49. The smallest absolute Gasteiger partial charge is 0.387 e. The number of para-hydroxylation sites is 1. The van der Waals surface area contributed by atoms with Gasteiger partial charge in [-0.2, -0.15) is 13.9 Å². The van der Waals surface area contributed by atoms with Gasteiger partial charge in [0.05, 0.1) is 28.7 Å².